The zero-order chi connectivity index (χ0) is 23.5. The van der Waals surface area contributed by atoms with Crippen molar-refractivity contribution in [2.24, 2.45) is 0 Å². The number of benzene rings is 2. The fraction of sp³-hybridized carbons (Fsp3) is 0.444. The second-order valence-corrected chi connectivity index (χ2v) is 8.15. The number of allylic oxidation sites excluding steroid dienone is 1. The molecule has 0 saturated heterocycles. The minimum Gasteiger partial charge on any atom is -0.493 e. The van der Waals surface area contributed by atoms with Crippen molar-refractivity contribution in [2.45, 2.75) is 65.3 Å². The van der Waals surface area contributed by atoms with E-state index in [0.29, 0.717) is 24.5 Å². The summed E-state index contributed by atoms with van der Waals surface area (Å²) in [6.45, 7) is 8.61. The Labute approximate surface area is 193 Å². The molecule has 174 valence electrons. The van der Waals surface area contributed by atoms with Gasteiger partial charge in [0.25, 0.3) is 0 Å². The number of hydrogen-bond acceptors (Lipinski definition) is 5. The third-order valence-corrected chi connectivity index (χ3v) is 5.47. The molecule has 32 heavy (non-hydrogen) atoms. The number of ether oxygens (including phenoxy) is 3. The Hall–Kier alpha value is -2.79. The Morgan fingerprint density at radius 3 is 2.28 bits per heavy atom. The van der Waals surface area contributed by atoms with Crippen molar-refractivity contribution in [2.75, 3.05) is 14.2 Å². The SMILES string of the molecule is C/C=C/C[C@H](CC(=O)OC(C)C)N(Cc1ccc(OC)c(OC)c1)[C@H](C)c1ccccc1. The van der Waals surface area contributed by atoms with Crippen molar-refractivity contribution < 1.29 is 19.0 Å². The van der Waals surface area contributed by atoms with Gasteiger partial charge in [0, 0.05) is 18.6 Å². The van der Waals surface area contributed by atoms with E-state index < -0.39 is 0 Å². The highest BCUT2D eigenvalue weighted by atomic mass is 16.5. The summed E-state index contributed by atoms with van der Waals surface area (Å²) in [6, 6.07) is 16.4. The third-order valence-electron chi connectivity index (χ3n) is 5.47. The number of carbonyl (C=O) groups excluding carboxylic acids is 1. The van der Waals surface area contributed by atoms with Gasteiger partial charge < -0.3 is 14.2 Å². The Morgan fingerprint density at radius 1 is 1.00 bits per heavy atom. The molecule has 2 aromatic rings. The van der Waals surface area contributed by atoms with E-state index in [1.165, 1.54) is 5.56 Å². The standard InChI is InChI=1S/C27H37NO4/c1-7-8-14-24(18-27(29)32-20(2)3)28(21(4)23-12-10-9-11-13-23)19-22-15-16-25(30-5)26(17-22)31-6/h7-13,15-17,20-21,24H,14,18-19H2,1-6H3/b8-7+/t21-,24-/m1/s1. The number of hydrogen-bond donors (Lipinski definition) is 0. The summed E-state index contributed by atoms with van der Waals surface area (Å²) < 4.78 is 16.4. The van der Waals surface area contributed by atoms with Crippen LogP contribution in [0.15, 0.2) is 60.7 Å². The molecule has 0 radical (unpaired) electrons. The average molecular weight is 440 g/mol. The first-order valence-corrected chi connectivity index (χ1v) is 11.2. The second-order valence-electron chi connectivity index (χ2n) is 8.15. The molecule has 0 amide bonds. The van der Waals surface area contributed by atoms with Crippen LogP contribution < -0.4 is 9.47 Å². The Balaban J connectivity index is 2.41. The van der Waals surface area contributed by atoms with Gasteiger partial charge in [0.2, 0.25) is 0 Å². The summed E-state index contributed by atoms with van der Waals surface area (Å²) in [6.07, 6.45) is 5.10. The van der Waals surface area contributed by atoms with E-state index in [2.05, 4.69) is 42.2 Å². The highest BCUT2D eigenvalue weighted by Crippen LogP contribution is 2.32. The van der Waals surface area contributed by atoms with Gasteiger partial charge in [0.15, 0.2) is 11.5 Å². The van der Waals surface area contributed by atoms with E-state index in [9.17, 15) is 4.79 Å². The number of methoxy groups -OCH3 is 2. The summed E-state index contributed by atoms with van der Waals surface area (Å²) >= 11 is 0. The van der Waals surface area contributed by atoms with Crippen LogP contribution in [0.3, 0.4) is 0 Å². The number of rotatable bonds is 12. The van der Waals surface area contributed by atoms with Crippen molar-refractivity contribution in [3.8, 4) is 11.5 Å². The van der Waals surface area contributed by atoms with Crippen LogP contribution in [0.4, 0.5) is 0 Å². The third kappa shape index (κ3) is 7.41. The van der Waals surface area contributed by atoms with Crippen LogP contribution in [0, 0.1) is 0 Å². The van der Waals surface area contributed by atoms with Gasteiger partial charge in [-0.05, 0) is 57.4 Å². The van der Waals surface area contributed by atoms with Crippen molar-refractivity contribution >= 4 is 5.97 Å². The highest BCUT2D eigenvalue weighted by molar-refractivity contribution is 5.70. The van der Waals surface area contributed by atoms with Gasteiger partial charge in [0.1, 0.15) is 0 Å². The first-order valence-electron chi connectivity index (χ1n) is 11.2. The molecule has 0 saturated carbocycles. The van der Waals surface area contributed by atoms with Crippen LogP contribution in [-0.4, -0.2) is 37.2 Å². The van der Waals surface area contributed by atoms with Crippen molar-refractivity contribution in [1.82, 2.24) is 4.90 Å². The van der Waals surface area contributed by atoms with Gasteiger partial charge in [-0.2, -0.15) is 0 Å². The topological polar surface area (TPSA) is 48.0 Å². The molecule has 0 N–H and O–H groups in total. The average Bonchev–Trinajstić information content (AvgIpc) is 2.79. The molecule has 0 fully saturated rings. The zero-order valence-corrected chi connectivity index (χ0v) is 20.2. The van der Waals surface area contributed by atoms with E-state index in [1.807, 2.05) is 51.1 Å². The molecule has 5 heteroatoms. The summed E-state index contributed by atoms with van der Waals surface area (Å²) in [5, 5.41) is 0. The van der Waals surface area contributed by atoms with E-state index in [-0.39, 0.29) is 24.2 Å². The molecule has 0 heterocycles. The number of nitrogens with zero attached hydrogens (tertiary/aromatic N) is 1. The Kier molecular flexibility index (Phi) is 10.3. The Bertz CT molecular complexity index is 863. The van der Waals surface area contributed by atoms with Crippen LogP contribution in [-0.2, 0) is 16.1 Å². The van der Waals surface area contributed by atoms with Crippen molar-refractivity contribution in [3.05, 3.63) is 71.8 Å². The highest BCUT2D eigenvalue weighted by Gasteiger charge is 2.27. The summed E-state index contributed by atoms with van der Waals surface area (Å²) in [4.78, 5) is 15.0. The molecule has 2 aromatic carbocycles. The van der Waals surface area contributed by atoms with Gasteiger partial charge in [-0.15, -0.1) is 0 Å². The molecule has 0 spiro atoms. The van der Waals surface area contributed by atoms with E-state index >= 15 is 0 Å². The lowest BCUT2D eigenvalue weighted by Gasteiger charge is -2.36. The van der Waals surface area contributed by atoms with Gasteiger partial charge in [-0.3, -0.25) is 9.69 Å². The second kappa shape index (κ2) is 12.9. The monoisotopic (exact) mass is 439 g/mol. The maximum absolute atomic E-state index is 12.6. The molecule has 0 aromatic heterocycles. The fourth-order valence-electron chi connectivity index (χ4n) is 3.83. The van der Waals surface area contributed by atoms with Crippen LogP contribution in [0.25, 0.3) is 0 Å². The van der Waals surface area contributed by atoms with Crippen LogP contribution in [0.2, 0.25) is 0 Å². The van der Waals surface area contributed by atoms with E-state index in [0.717, 1.165) is 12.0 Å². The predicted octanol–water partition coefficient (Wildman–Crippen LogP) is 5.94. The normalized spacial score (nSPS) is 13.4. The molecule has 5 nitrogen and oxygen atoms in total. The van der Waals surface area contributed by atoms with Gasteiger partial charge >= 0.3 is 5.97 Å². The van der Waals surface area contributed by atoms with Gasteiger partial charge in [-0.25, -0.2) is 0 Å². The molecule has 2 atom stereocenters. The number of carbonyl (C=O) groups is 1. The molecule has 0 bridgehead atoms. The van der Waals surface area contributed by atoms with Crippen LogP contribution >= 0.6 is 0 Å². The van der Waals surface area contributed by atoms with E-state index in [1.54, 1.807) is 14.2 Å². The quantitative estimate of drug-likeness (QED) is 0.302. The van der Waals surface area contributed by atoms with Gasteiger partial charge in [-0.1, -0.05) is 48.6 Å². The van der Waals surface area contributed by atoms with E-state index in [4.69, 9.17) is 14.2 Å². The lowest BCUT2D eigenvalue weighted by Crippen LogP contribution is -2.38. The summed E-state index contributed by atoms with van der Waals surface area (Å²) in [5.74, 6) is 1.22. The smallest absolute Gasteiger partial charge is 0.307 e. The first-order chi connectivity index (χ1) is 15.4. The molecule has 2 rings (SSSR count). The maximum atomic E-state index is 12.6. The summed E-state index contributed by atoms with van der Waals surface area (Å²) in [7, 11) is 3.28. The lowest BCUT2D eigenvalue weighted by molar-refractivity contribution is -0.149. The fourth-order valence-corrected chi connectivity index (χ4v) is 3.83. The minimum absolute atomic E-state index is 0.0132. The minimum atomic E-state index is -0.174. The Morgan fingerprint density at radius 2 is 1.69 bits per heavy atom. The van der Waals surface area contributed by atoms with Crippen molar-refractivity contribution in [3.63, 3.8) is 0 Å². The summed E-state index contributed by atoms with van der Waals surface area (Å²) in [5.41, 5.74) is 2.30. The number of esters is 1. The van der Waals surface area contributed by atoms with Crippen molar-refractivity contribution in [1.29, 1.82) is 0 Å². The molecular formula is C27H37NO4. The molecular weight excluding hydrogens is 402 g/mol. The van der Waals surface area contributed by atoms with Crippen LogP contribution in [0.5, 0.6) is 11.5 Å². The molecule has 0 aliphatic heterocycles. The first kappa shape index (κ1) is 25.5. The zero-order valence-electron chi connectivity index (χ0n) is 20.2. The predicted molar refractivity (Wildman–Crippen MR) is 129 cm³/mol. The molecule has 0 aliphatic rings. The van der Waals surface area contributed by atoms with Crippen LogP contribution in [0.1, 0.15) is 57.7 Å². The van der Waals surface area contributed by atoms with Gasteiger partial charge in [0.05, 0.1) is 26.7 Å². The molecule has 0 aliphatic carbocycles. The largest absolute Gasteiger partial charge is 0.493 e. The molecule has 0 unspecified atom stereocenters. The lowest BCUT2D eigenvalue weighted by atomic mass is 9.99. The maximum Gasteiger partial charge on any atom is 0.307 e.